The van der Waals surface area contributed by atoms with Gasteiger partial charge in [-0.25, -0.2) is 4.98 Å². The van der Waals surface area contributed by atoms with Crippen molar-refractivity contribution < 1.29 is 4.79 Å². The molecule has 3 nitrogen and oxygen atoms in total. The summed E-state index contributed by atoms with van der Waals surface area (Å²) in [4.78, 5) is 17.7. The topological polar surface area (TPSA) is 42.0 Å². The first kappa shape index (κ1) is 18.0. The fourth-order valence-corrected chi connectivity index (χ4v) is 4.67. The summed E-state index contributed by atoms with van der Waals surface area (Å²) in [5, 5.41) is 6.10. The molecule has 0 bridgehead atoms. The number of thiazole rings is 1. The van der Waals surface area contributed by atoms with Crippen molar-refractivity contribution >= 4 is 59.9 Å². The van der Waals surface area contributed by atoms with Gasteiger partial charge in [0.05, 0.1) is 15.9 Å². The summed E-state index contributed by atoms with van der Waals surface area (Å²) < 4.78 is 2.06. The molecule has 0 atom stereocenters. The van der Waals surface area contributed by atoms with Crippen LogP contribution in [0.3, 0.4) is 0 Å². The summed E-state index contributed by atoms with van der Waals surface area (Å²) in [6.07, 6.45) is 0. The zero-order valence-electron chi connectivity index (χ0n) is 15.2. The number of hydrogen-bond acceptors (Lipinski definition) is 3. The number of rotatable bonds is 3. The first-order valence-corrected chi connectivity index (χ1v) is 10.7. The minimum atomic E-state index is -0.138. The van der Waals surface area contributed by atoms with Crippen LogP contribution in [0.2, 0.25) is 0 Å². The molecule has 0 spiro atoms. The molecule has 1 heterocycles. The van der Waals surface area contributed by atoms with Crippen LogP contribution in [0.15, 0.2) is 89.4 Å². The van der Waals surface area contributed by atoms with Gasteiger partial charge in [-0.05, 0) is 53.2 Å². The van der Waals surface area contributed by atoms with Crippen molar-refractivity contribution in [3.8, 4) is 10.6 Å². The van der Waals surface area contributed by atoms with Gasteiger partial charge in [-0.2, -0.15) is 0 Å². The third kappa shape index (κ3) is 3.55. The van der Waals surface area contributed by atoms with Gasteiger partial charge in [0.25, 0.3) is 5.91 Å². The van der Waals surface area contributed by atoms with Gasteiger partial charge in [-0.15, -0.1) is 11.3 Å². The van der Waals surface area contributed by atoms with E-state index in [0.29, 0.717) is 5.56 Å². The highest BCUT2D eigenvalue weighted by molar-refractivity contribution is 9.10. The Bertz CT molecular complexity index is 1340. The summed E-state index contributed by atoms with van der Waals surface area (Å²) in [6, 6.07) is 27.6. The number of nitrogens with one attached hydrogen (secondary N) is 1. The Morgan fingerprint density at radius 3 is 2.52 bits per heavy atom. The molecule has 0 aliphatic rings. The second-order valence-electron chi connectivity index (χ2n) is 6.69. The molecule has 29 heavy (non-hydrogen) atoms. The number of benzene rings is 4. The van der Waals surface area contributed by atoms with Gasteiger partial charge < -0.3 is 5.32 Å². The lowest BCUT2D eigenvalue weighted by atomic mass is 10.1. The minimum Gasteiger partial charge on any atom is -0.321 e. The SMILES string of the molecule is O=C(Nc1ccc(Br)cc1-c1nc2ccccc2s1)c1ccc2ccccc2c1. The highest BCUT2D eigenvalue weighted by Gasteiger charge is 2.14. The zero-order chi connectivity index (χ0) is 19.8. The monoisotopic (exact) mass is 458 g/mol. The van der Waals surface area contributed by atoms with Crippen LogP contribution in [-0.2, 0) is 0 Å². The van der Waals surface area contributed by atoms with Crippen LogP contribution in [0.5, 0.6) is 0 Å². The number of aromatic nitrogens is 1. The zero-order valence-corrected chi connectivity index (χ0v) is 17.6. The van der Waals surface area contributed by atoms with E-state index in [1.807, 2.05) is 78.9 Å². The number of carbonyl (C=O) groups is 1. The second-order valence-corrected chi connectivity index (χ2v) is 8.64. The number of amides is 1. The fourth-order valence-electron chi connectivity index (χ4n) is 3.31. The van der Waals surface area contributed by atoms with E-state index >= 15 is 0 Å². The average Bonchev–Trinajstić information content (AvgIpc) is 3.18. The maximum Gasteiger partial charge on any atom is 0.255 e. The molecule has 5 heteroatoms. The molecule has 0 saturated carbocycles. The number of hydrogen-bond donors (Lipinski definition) is 1. The van der Waals surface area contributed by atoms with Gasteiger partial charge in [0.2, 0.25) is 0 Å². The van der Waals surface area contributed by atoms with Crippen LogP contribution in [0.25, 0.3) is 31.6 Å². The Balaban J connectivity index is 1.53. The minimum absolute atomic E-state index is 0.138. The van der Waals surface area contributed by atoms with E-state index in [1.54, 1.807) is 11.3 Å². The van der Waals surface area contributed by atoms with Gasteiger partial charge >= 0.3 is 0 Å². The summed E-state index contributed by atoms with van der Waals surface area (Å²) in [5.41, 5.74) is 3.22. The molecule has 1 aromatic heterocycles. The quantitative estimate of drug-likeness (QED) is 0.312. The van der Waals surface area contributed by atoms with E-state index in [9.17, 15) is 4.79 Å². The van der Waals surface area contributed by atoms with Crippen molar-refractivity contribution in [1.82, 2.24) is 4.98 Å². The van der Waals surface area contributed by atoms with Crippen LogP contribution in [-0.4, -0.2) is 10.9 Å². The van der Waals surface area contributed by atoms with Crippen molar-refractivity contribution in [2.45, 2.75) is 0 Å². The maximum atomic E-state index is 13.0. The number of nitrogens with zero attached hydrogens (tertiary/aromatic N) is 1. The van der Waals surface area contributed by atoms with E-state index in [1.165, 1.54) is 0 Å². The predicted octanol–water partition coefficient (Wildman–Crippen LogP) is 7.13. The molecule has 1 N–H and O–H groups in total. The van der Waals surface area contributed by atoms with Crippen molar-refractivity contribution in [2.24, 2.45) is 0 Å². The third-order valence-corrected chi connectivity index (χ3v) is 6.33. The van der Waals surface area contributed by atoms with Crippen LogP contribution < -0.4 is 5.32 Å². The molecule has 0 aliphatic carbocycles. The molecule has 0 radical (unpaired) electrons. The first-order valence-electron chi connectivity index (χ1n) is 9.13. The van der Waals surface area contributed by atoms with Crippen LogP contribution in [0, 0.1) is 0 Å². The molecule has 140 valence electrons. The van der Waals surface area contributed by atoms with Gasteiger partial charge in [0.1, 0.15) is 5.01 Å². The highest BCUT2D eigenvalue weighted by atomic mass is 79.9. The van der Waals surface area contributed by atoms with Crippen molar-refractivity contribution in [3.63, 3.8) is 0 Å². The Hall–Kier alpha value is -3.02. The summed E-state index contributed by atoms with van der Waals surface area (Å²) in [5.74, 6) is -0.138. The molecular weight excluding hydrogens is 444 g/mol. The normalized spacial score (nSPS) is 11.1. The van der Waals surface area contributed by atoms with Gasteiger partial charge in [0.15, 0.2) is 0 Å². The average molecular weight is 459 g/mol. The van der Waals surface area contributed by atoms with Crippen molar-refractivity contribution in [3.05, 3.63) is 95.0 Å². The number of carbonyl (C=O) groups excluding carboxylic acids is 1. The van der Waals surface area contributed by atoms with Gasteiger partial charge in [0, 0.05) is 15.6 Å². The first-order chi connectivity index (χ1) is 14.2. The van der Waals surface area contributed by atoms with Gasteiger partial charge in [-0.1, -0.05) is 58.4 Å². The summed E-state index contributed by atoms with van der Waals surface area (Å²) in [6.45, 7) is 0. The van der Waals surface area contributed by atoms with E-state index in [2.05, 4.69) is 27.3 Å². The summed E-state index contributed by atoms with van der Waals surface area (Å²) >= 11 is 5.15. The molecule has 0 fully saturated rings. The fraction of sp³-hybridized carbons (Fsp3) is 0. The molecule has 5 rings (SSSR count). The van der Waals surface area contributed by atoms with Crippen LogP contribution >= 0.6 is 27.3 Å². The standard InChI is InChI=1S/C24H15BrN2OS/c25-18-11-12-20(19(14-18)24-27-21-7-3-4-8-22(21)29-24)26-23(28)17-10-9-15-5-1-2-6-16(15)13-17/h1-14H,(H,26,28). The van der Waals surface area contributed by atoms with Crippen molar-refractivity contribution in [2.75, 3.05) is 5.32 Å². The Labute approximate surface area is 180 Å². The Kier molecular flexibility index (Phi) is 4.62. The maximum absolute atomic E-state index is 13.0. The van der Waals surface area contributed by atoms with Crippen LogP contribution in [0.4, 0.5) is 5.69 Å². The third-order valence-electron chi connectivity index (χ3n) is 4.77. The summed E-state index contributed by atoms with van der Waals surface area (Å²) in [7, 11) is 0. The largest absolute Gasteiger partial charge is 0.321 e. The number of para-hydroxylation sites is 1. The number of halogens is 1. The van der Waals surface area contributed by atoms with E-state index < -0.39 is 0 Å². The Morgan fingerprint density at radius 1 is 0.862 bits per heavy atom. The molecule has 0 aliphatic heterocycles. The lowest BCUT2D eigenvalue weighted by Crippen LogP contribution is -2.12. The highest BCUT2D eigenvalue weighted by Crippen LogP contribution is 2.36. The van der Waals surface area contributed by atoms with E-state index in [4.69, 9.17) is 4.98 Å². The number of fused-ring (bicyclic) bond motifs is 2. The predicted molar refractivity (Wildman–Crippen MR) is 125 cm³/mol. The van der Waals surface area contributed by atoms with E-state index in [-0.39, 0.29) is 5.91 Å². The molecular formula is C24H15BrN2OS. The molecule has 5 aromatic rings. The number of anilines is 1. The lowest BCUT2D eigenvalue weighted by Gasteiger charge is -2.11. The molecule has 0 saturated heterocycles. The molecule has 4 aromatic carbocycles. The lowest BCUT2D eigenvalue weighted by molar-refractivity contribution is 0.102. The smallest absolute Gasteiger partial charge is 0.255 e. The van der Waals surface area contributed by atoms with Crippen LogP contribution in [0.1, 0.15) is 10.4 Å². The molecule has 1 amide bonds. The Morgan fingerprint density at radius 2 is 1.66 bits per heavy atom. The van der Waals surface area contributed by atoms with Gasteiger partial charge in [-0.3, -0.25) is 4.79 Å². The molecule has 0 unspecified atom stereocenters. The van der Waals surface area contributed by atoms with E-state index in [0.717, 1.165) is 41.7 Å². The second kappa shape index (κ2) is 7.43. The van der Waals surface area contributed by atoms with Crippen molar-refractivity contribution in [1.29, 1.82) is 0 Å².